The summed E-state index contributed by atoms with van der Waals surface area (Å²) in [7, 11) is 0. The predicted octanol–water partition coefficient (Wildman–Crippen LogP) is 4.43. The number of fused-ring (bicyclic) bond motifs is 2. The smallest absolute Gasteiger partial charge is 0.167 e. The Morgan fingerprint density at radius 3 is 2.71 bits per heavy atom. The average molecular weight is 531 g/mol. The molecule has 0 fully saturated rings. The minimum atomic E-state index is -1.32. The molecular formula is C27H27FN8OS. The second-order valence-corrected chi connectivity index (χ2v) is 12.3. The zero-order chi connectivity index (χ0) is 26.6. The fourth-order valence-electron chi connectivity index (χ4n) is 4.76. The first-order chi connectivity index (χ1) is 18.2. The van der Waals surface area contributed by atoms with Crippen molar-refractivity contribution in [3.8, 4) is 22.9 Å². The summed E-state index contributed by atoms with van der Waals surface area (Å²) < 4.78 is 34.7. The second kappa shape index (κ2) is 9.19. The maximum atomic E-state index is 15.8. The van der Waals surface area contributed by atoms with Gasteiger partial charge < -0.3 is 10.3 Å². The minimum Gasteiger partial charge on any atom is -0.598 e. The molecule has 4 heterocycles. The molecule has 38 heavy (non-hydrogen) atoms. The number of benzene rings is 1. The van der Waals surface area contributed by atoms with Gasteiger partial charge in [-0.2, -0.15) is 5.10 Å². The first-order valence-corrected chi connectivity index (χ1v) is 13.5. The minimum absolute atomic E-state index is 0.312. The molecule has 0 amide bonds. The van der Waals surface area contributed by atoms with Crippen LogP contribution in [0.1, 0.15) is 44.4 Å². The Bertz CT molecular complexity index is 1640. The van der Waals surface area contributed by atoms with Crippen molar-refractivity contribution in [2.75, 3.05) is 5.73 Å². The molecule has 0 saturated heterocycles. The van der Waals surface area contributed by atoms with E-state index in [0.29, 0.717) is 58.3 Å². The number of hydrogen-bond donors (Lipinski definition) is 2. The maximum absolute atomic E-state index is 15.8. The molecule has 0 bridgehead atoms. The third kappa shape index (κ3) is 4.22. The van der Waals surface area contributed by atoms with Gasteiger partial charge in [0.1, 0.15) is 21.9 Å². The summed E-state index contributed by atoms with van der Waals surface area (Å²) in [5.41, 5.74) is 10.0. The number of imidazole rings is 1. The lowest BCUT2D eigenvalue weighted by molar-refractivity contribution is 0.512. The topological polar surface area (TPSA) is 123 Å². The van der Waals surface area contributed by atoms with Crippen molar-refractivity contribution in [1.82, 2.24) is 34.0 Å². The van der Waals surface area contributed by atoms with Gasteiger partial charge in [-0.05, 0) is 81.6 Å². The Labute approximate surface area is 222 Å². The summed E-state index contributed by atoms with van der Waals surface area (Å²) in [6.45, 7) is 5.68. The first kappa shape index (κ1) is 24.5. The van der Waals surface area contributed by atoms with Crippen LogP contribution < -0.4 is 10.5 Å². The van der Waals surface area contributed by atoms with E-state index in [1.807, 2.05) is 55.7 Å². The molecular weight excluding hydrogens is 503 g/mol. The van der Waals surface area contributed by atoms with E-state index < -0.39 is 16.1 Å². The molecule has 1 aliphatic rings. The largest absolute Gasteiger partial charge is 0.598 e. The Kier molecular flexibility index (Phi) is 5.93. The number of nitrogens with one attached hydrogen (secondary N) is 1. The van der Waals surface area contributed by atoms with Gasteiger partial charge in [0.15, 0.2) is 17.3 Å². The van der Waals surface area contributed by atoms with Crippen molar-refractivity contribution in [1.29, 1.82) is 0 Å². The van der Waals surface area contributed by atoms with E-state index in [1.54, 1.807) is 29.3 Å². The molecule has 1 aliphatic carbocycles. The highest BCUT2D eigenvalue weighted by atomic mass is 32.2. The van der Waals surface area contributed by atoms with E-state index in [0.717, 1.165) is 5.56 Å². The van der Waals surface area contributed by atoms with Crippen molar-refractivity contribution in [2.24, 2.45) is 0 Å². The number of rotatable bonds is 5. The highest BCUT2D eigenvalue weighted by Gasteiger charge is 2.35. The lowest BCUT2D eigenvalue weighted by Gasteiger charge is -2.26. The second-order valence-electron chi connectivity index (χ2n) is 10.3. The molecule has 194 valence electrons. The summed E-state index contributed by atoms with van der Waals surface area (Å²) in [5, 5.41) is 4.29. The molecule has 0 spiro atoms. The Morgan fingerprint density at radius 2 is 1.97 bits per heavy atom. The van der Waals surface area contributed by atoms with Gasteiger partial charge in [-0.1, -0.05) is 0 Å². The molecule has 11 heteroatoms. The van der Waals surface area contributed by atoms with Crippen LogP contribution in [0.15, 0.2) is 61.1 Å². The molecule has 1 aromatic carbocycles. The molecule has 4 aromatic heterocycles. The van der Waals surface area contributed by atoms with Gasteiger partial charge in [0.25, 0.3) is 0 Å². The van der Waals surface area contributed by atoms with E-state index in [9.17, 15) is 4.55 Å². The third-order valence-electron chi connectivity index (χ3n) is 6.62. The van der Waals surface area contributed by atoms with Crippen LogP contribution in [0.4, 0.5) is 10.2 Å². The normalized spacial score (nSPS) is 16.2. The van der Waals surface area contributed by atoms with Crippen LogP contribution in [0.3, 0.4) is 0 Å². The molecule has 0 radical (unpaired) electrons. The monoisotopic (exact) mass is 530 g/mol. The summed E-state index contributed by atoms with van der Waals surface area (Å²) >= 11 is -1.32. The van der Waals surface area contributed by atoms with Gasteiger partial charge in [-0.15, -0.1) is 4.72 Å². The van der Waals surface area contributed by atoms with Gasteiger partial charge in [0.2, 0.25) is 0 Å². The zero-order valence-corrected chi connectivity index (χ0v) is 22.0. The first-order valence-electron chi connectivity index (χ1n) is 12.3. The van der Waals surface area contributed by atoms with E-state index in [2.05, 4.69) is 14.8 Å². The molecule has 0 aliphatic heterocycles. The van der Waals surface area contributed by atoms with Crippen LogP contribution in [0.5, 0.6) is 0 Å². The number of aryl methyl sites for hydroxylation is 1. The zero-order valence-electron chi connectivity index (χ0n) is 21.2. The number of hydrogen-bond acceptors (Lipinski definition) is 7. The van der Waals surface area contributed by atoms with Crippen molar-refractivity contribution in [2.45, 2.75) is 44.4 Å². The molecule has 5 aromatic rings. The highest BCUT2D eigenvalue weighted by molar-refractivity contribution is 7.90. The average Bonchev–Trinajstić information content (AvgIpc) is 3.62. The number of nitrogens with zero attached hydrogens (tertiary/aromatic N) is 6. The van der Waals surface area contributed by atoms with Crippen LogP contribution in [-0.2, 0) is 17.8 Å². The van der Waals surface area contributed by atoms with E-state index in [-0.39, 0.29) is 11.9 Å². The van der Waals surface area contributed by atoms with E-state index in [1.165, 1.54) is 6.07 Å². The summed E-state index contributed by atoms with van der Waals surface area (Å²) in [5.74, 6) is 1.06. The summed E-state index contributed by atoms with van der Waals surface area (Å²) in [6, 6.07) is 12.2. The predicted molar refractivity (Wildman–Crippen MR) is 146 cm³/mol. The van der Waals surface area contributed by atoms with Crippen molar-refractivity contribution >= 4 is 28.3 Å². The van der Waals surface area contributed by atoms with Gasteiger partial charge in [0, 0.05) is 35.5 Å². The van der Waals surface area contributed by atoms with Crippen molar-refractivity contribution < 1.29 is 8.94 Å². The van der Waals surface area contributed by atoms with E-state index in [4.69, 9.17) is 15.7 Å². The van der Waals surface area contributed by atoms with Crippen LogP contribution in [0, 0.1) is 5.82 Å². The van der Waals surface area contributed by atoms with Crippen LogP contribution in [0.2, 0.25) is 0 Å². The van der Waals surface area contributed by atoms with Gasteiger partial charge in [0.05, 0.1) is 17.3 Å². The van der Waals surface area contributed by atoms with Crippen molar-refractivity contribution in [3.05, 3.63) is 78.0 Å². The van der Waals surface area contributed by atoms with Crippen LogP contribution in [0.25, 0.3) is 34.1 Å². The number of nitrogens with two attached hydrogens (primary N) is 1. The van der Waals surface area contributed by atoms with Crippen LogP contribution in [-0.4, -0.2) is 38.6 Å². The standard InChI is InChI=1S/C27H27FN8OS/c1-27(2,3)38(37)34-20-8-7-16-14-17(15-19(28)23(16)20)36-25(18-6-4-11-30-24(18)29)32-21-9-10-22(33-26(21)36)35-13-5-12-31-35/h4-6,9-15,20,34H,7-8H2,1-3H3,(H2,29,30)/t20-,38?/m0/s1. The Balaban J connectivity index is 1.52. The molecule has 1 unspecified atom stereocenters. The highest BCUT2D eigenvalue weighted by Crippen LogP contribution is 2.38. The maximum Gasteiger partial charge on any atom is 0.167 e. The van der Waals surface area contributed by atoms with Gasteiger partial charge in [-0.3, -0.25) is 4.57 Å². The third-order valence-corrected chi connectivity index (χ3v) is 8.23. The number of aromatic nitrogens is 6. The lowest BCUT2D eigenvalue weighted by Crippen LogP contribution is -2.40. The molecule has 2 atom stereocenters. The molecule has 0 saturated carbocycles. The fourth-order valence-corrected chi connectivity index (χ4v) is 5.61. The molecule has 6 rings (SSSR count). The van der Waals surface area contributed by atoms with Crippen molar-refractivity contribution in [3.63, 3.8) is 0 Å². The van der Waals surface area contributed by atoms with Gasteiger partial charge >= 0.3 is 0 Å². The Morgan fingerprint density at radius 1 is 1.13 bits per heavy atom. The fraction of sp³-hybridized carbons (Fsp3) is 0.259. The van der Waals surface area contributed by atoms with Gasteiger partial charge in [-0.25, -0.2) is 24.0 Å². The number of pyridine rings is 2. The summed E-state index contributed by atoms with van der Waals surface area (Å²) in [6.07, 6.45) is 6.41. The van der Waals surface area contributed by atoms with E-state index >= 15 is 4.39 Å². The SMILES string of the molecule is CC(C)(C)[S+]([O-])N[C@H]1CCc2cc(-n3c(-c4cccnc4N)nc4ccc(-n5cccn5)nc43)cc(F)c21. The van der Waals surface area contributed by atoms with Crippen LogP contribution >= 0.6 is 0 Å². The molecule has 9 nitrogen and oxygen atoms in total. The quantitative estimate of drug-likeness (QED) is 0.322. The summed E-state index contributed by atoms with van der Waals surface area (Å²) in [4.78, 5) is 13.9. The number of nitrogen functional groups attached to an aromatic ring is 1. The lowest BCUT2D eigenvalue weighted by atomic mass is 10.1. The Hall–Kier alpha value is -3.80. The molecule has 3 N–H and O–H groups in total. The number of halogens is 1. The number of anilines is 1.